The van der Waals surface area contributed by atoms with Gasteiger partial charge >= 0.3 is 5.69 Å². The molecule has 0 amide bonds. The summed E-state index contributed by atoms with van der Waals surface area (Å²) in [7, 11) is 0. The van der Waals surface area contributed by atoms with Crippen molar-refractivity contribution < 1.29 is 9.23 Å². The number of aryl methyl sites for hydroxylation is 1. The predicted molar refractivity (Wildman–Crippen MR) is 109 cm³/mol. The van der Waals surface area contributed by atoms with Crippen LogP contribution in [0.4, 0.5) is 4.39 Å². The molecule has 6 nitrogen and oxygen atoms in total. The van der Waals surface area contributed by atoms with Crippen molar-refractivity contribution in [2.75, 3.05) is 6.61 Å². The van der Waals surface area contributed by atoms with Crippen LogP contribution in [0.3, 0.4) is 0 Å². The highest BCUT2D eigenvalue weighted by Gasteiger charge is 2.71. The zero-order chi connectivity index (χ0) is 20.6. The van der Waals surface area contributed by atoms with Crippen molar-refractivity contribution in [1.29, 1.82) is 0 Å². The van der Waals surface area contributed by atoms with Crippen LogP contribution in [0.25, 0.3) is 11.1 Å². The van der Waals surface area contributed by atoms with E-state index in [1.54, 1.807) is 6.20 Å². The van der Waals surface area contributed by atoms with Gasteiger partial charge in [-0.15, -0.1) is 0 Å². The fraction of sp³-hybridized carbons (Fsp3) is 0.545. The van der Waals surface area contributed by atoms with Gasteiger partial charge in [0, 0.05) is 12.7 Å². The third-order valence-corrected chi connectivity index (χ3v) is 6.29. The molecule has 7 heteroatoms. The number of benzene rings is 1. The first-order valence-corrected chi connectivity index (χ1v) is 10.4. The Kier molecular flexibility index (Phi) is 5.44. The van der Waals surface area contributed by atoms with Gasteiger partial charge in [0.1, 0.15) is 5.82 Å². The first-order valence-electron chi connectivity index (χ1n) is 10.4. The van der Waals surface area contributed by atoms with Crippen LogP contribution in [-0.4, -0.2) is 32.8 Å². The van der Waals surface area contributed by atoms with Crippen LogP contribution in [0.15, 0.2) is 40.1 Å². The number of fused-ring (bicyclic) bond motifs is 1. The smallest absolute Gasteiger partial charge is 0.300 e. The minimum Gasteiger partial charge on any atom is -0.300 e. The molecule has 2 heterocycles. The van der Waals surface area contributed by atoms with Gasteiger partial charge in [-0.25, -0.2) is 9.18 Å². The summed E-state index contributed by atoms with van der Waals surface area (Å²) in [6.07, 6.45) is 6.65. The van der Waals surface area contributed by atoms with E-state index in [0.29, 0.717) is 29.3 Å². The molecule has 1 N–H and O–H groups in total. The summed E-state index contributed by atoms with van der Waals surface area (Å²) < 4.78 is 14.6. The lowest BCUT2D eigenvalue weighted by atomic mass is 9.78. The number of nitrogens with zero attached hydrogens (tertiary/aromatic N) is 2. The maximum atomic E-state index is 13.1. The van der Waals surface area contributed by atoms with Gasteiger partial charge in [-0.05, 0) is 49.8 Å². The van der Waals surface area contributed by atoms with Gasteiger partial charge in [0.25, 0.3) is 5.56 Å². The largest absolute Gasteiger partial charge is 0.328 e. The molecular formula is C22H28FN3O3. The lowest BCUT2D eigenvalue weighted by Gasteiger charge is -2.23. The van der Waals surface area contributed by atoms with Crippen molar-refractivity contribution >= 4 is 0 Å². The summed E-state index contributed by atoms with van der Waals surface area (Å²) in [5.41, 5.74) is 0.387. The normalized spacial score (nSPS) is 27.3. The van der Waals surface area contributed by atoms with Gasteiger partial charge in [0.2, 0.25) is 0 Å². The fourth-order valence-electron chi connectivity index (χ4n) is 4.72. The maximum Gasteiger partial charge on any atom is 0.328 e. The zero-order valence-electron chi connectivity index (χ0n) is 17.0. The van der Waals surface area contributed by atoms with Crippen LogP contribution >= 0.6 is 0 Å². The zero-order valence-corrected chi connectivity index (χ0v) is 17.0. The predicted octanol–water partition coefficient (Wildman–Crippen LogP) is 3.32. The third-order valence-electron chi connectivity index (χ3n) is 6.29. The van der Waals surface area contributed by atoms with E-state index in [0.717, 1.165) is 38.2 Å². The van der Waals surface area contributed by atoms with Crippen molar-refractivity contribution in [3.05, 3.63) is 57.1 Å². The number of rotatable bonds is 9. The van der Waals surface area contributed by atoms with Crippen LogP contribution in [-0.2, 0) is 11.4 Å². The second kappa shape index (κ2) is 7.88. The van der Waals surface area contributed by atoms with E-state index in [9.17, 15) is 14.0 Å². The molecule has 156 valence electrons. The van der Waals surface area contributed by atoms with Gasteiger partial charge in [-0.3, -0.25) is 19.2 Å². The Morgan fingerprint density at radius 1 is 1.17 bits per heavy atom. The van der Waals surface area contributed by atoms with Crippen LogP contribution in [0.2, 0.25) is 0 Å². The number of hydroxylamine groups is 2. The monoisotopic (exact) mass is 401 g/mol. The third kappa shape index (κ3) is 3.94. The van der Waals surface area contributed by atoms with E-state index in [4.69, 9.17) is 4.84 Å². The topological polar surface area (TPSA) is 67.1 Å². The van der Waals surface area contributed by atoms with Gasteiger partial charge < -0.3 is 0 Å². The number of aromatic amines is 1. The lowest BCUT2D eigenvalue weighted by molar-refractivity contribution is -0.0903. The quantitative estimate of drug-likeness (QED) is 0.517. The Morgan fingerprint density at radius 2 is 1.90 bits per heavy atom. The average molecular weight is 401 g/mol. The second-order valence-electron chi connectivity index (χ2n) is 8.56. The molecule has 2 fully saturated rings. The molecule has 4 atom stereocenters. The molecule has 2 aromatic rings. The molecule has 2 aliphatic rings. The Balaban J connectivity index is 1.22. The first kappa shape index (κ1) is 20.0. The summed E-state index contributed by atoms with van der Waals surface area (Å²) in [4.78, 5) is 32.4. The maximum absolute atomic E-state index is 13.1. The molecule has 1 saturated carbocycles. The van der Waals surface area contributed by atoms with Crippen molar-refractivity contribution in [1.82, 2.24) is 14.6 Å². The number of H-pyrrole nitrogens is 1. The molecule has 0 radical (unpaired) electrons. The second-order valence-corrected chi connectivity index (χ2v) is 8.56. The lowest BCUT2D eigenvalue weighted by Crippen LogP contribution is -2.30. The molecule has 1 saturated heterocycles. The molecule has 1 aromatic heterocycles. The molecule has 29 heavy (non-hydrogen) atoms. The summed E-state index contributed by atoms with van der Waals surface area (Å²) in [5, 5.41) is 2.16. The Morgan fingerprint density at radius 3 is 2.55 bits per heavy atom. The summed E-state index contributed by atoms with van der Waals surface area (Å²) in [6, 6.07) is 6.30. The Bertz CT molecular complexity index is 984. The van der Waals surface area contributed by atoms with E-state index in [-0.39, 0.29) is 5.82 Å². The molecule has 0 spiro atoms. The Labute approximate surface area is 169 Å². The minimum atomic E-state index is -0.456. The standard InChI is InChI=1S/C22H28FN3O3/c1-15-13-22(2)19(15)26(22)29-12-6-4-3-5-11-25-14-18(20(27)24-21(25)28)16-7-9-17(23)10-8-16/h7-10,14-15,19H,3-6,11-13H2,1-2H3,(H,24,27,28). The van der Waals surface area contributed by atoms with Gasteiger partial charge in [-0.2, -0.15) is 5.06 Å². The van der Waals surface area contributed by atoms with Crippen molar-refractivity contribution in [3.63, 3.8) is 0 Å². The summed E-state index contributed by atoms with van der Waals surface area (Å²) in [6.45, 7) is 5.82. The highest BCUT2D eigenvalue weighted by molar-refractivity contribution is 5.61. The number of aromatic nitrogens is 2. The van der Waals surface area contributed by atoms with E-state index in [2.05, 4.69) is 23.9 Å². The first-order chi connectivity index (χ1) is 13.9. The van der Waals surface area contributed by atoms with Crippen LogP contribution in [0.5, 0.6) is 0 Å². The van der Waals surface area contributed by atoms with E-state index < -0.39 is 11.2 Å². The average Bonchev–Trinajstić information content (AvgIpc) is 3.17. The van der Waals surface area contributed by atoms with Gasteiger partial charge in [0.15, 0.2) is 0 Å². The van der Waals surface area contributed by atoms with Crippen molar-refractivity contribution in [3.8, 4) is 11.1 Å². The molecule has 1 aromatic carbocycles. The summed E-state index contributed by atoms with van der Waals surface area (Å²) in [5.74, 6) is 0.382. The SMILES string of the molecule is CC1CC2(C)C1N2OCCCCCCn1cc(-c2ccc(F)cc2)c(=O)[nH]c1=O. The van der Waals surface area contributed by atoms with E-state index >= 15 is 0 Å². The van der Waals surface area contributed by atoms with Crippen LogP contribution < -0.4 is 11.2 Å². The highest BCUT2D eigenvalue weighted by atomic mass is 19.1. The highest BCUT2D eigenvalue weighted by Crippen LogP contribution is 2.59. The number of hydrogen-bond donors (Lipinski definition) is 1. The number of unbranched alkanes of at least 4 members (excludes halogenated alkanes) is 3. The molecule has 4 unspecified atom stereocenters. The van der Waals surface area contributed by atoms with Crippen LogP contribution in [0.1, 0.15) is 46.0 Å². The number of nitrogens with one attached hydrogen (secondary N) is 1. The fourth-order valence-corrected chi connectivity index (χ4v) is 4.72. The minimum absolute atomic E-state index is 0.299. The van der Waals surface area contributed by atoms with Gasteiger partial charge in [-0.1, -0.05) is 31.9 Å². The van der Waals surface area contributed by atoms with E-state index in [1.807, 2.05) is 0 Å². The molecular weight excluding hydrogens is 373 g/mol. The number of halogens is 1. The number of hydrogen-bond acceptors (Lipinski definition) is 4. The van der Waals surface area contributed by atoms with Crippen LogP contribution in [0, 0.1) is 11.7 Å². The summed E-state index contributed by atoms with van der Waals surface area (Å²) >= 11 is 0. The molecule has 1 aliphatic carbocycles. The van der Waals surface area contributed by atoms with Crippen molar-refractivity contribution in [2.24, 2.45) is 5.92 Å². The van der Waals surface area contributed by atoms with E-state index in [1.165, 1.54) is 35.3 Å². The molecule has 0 bridgehead atoms. The van der Waals surface area contributed by atoms with Gasteiger partial charge in [0.05, 0.1) is 23.8 Å². The Hall–Kier alpha value is -2.25. The molecule has 4 rings (SSSR count). The molecule has 1 aliphatic heterocycles. The van der Waals surface area contributed by atoms with Crippen molar-refractivity contribution in [2.45, 2.75) is 64.1 Å².